The second kappa shape index (κ2) is 6.06. The number of hydrogen-bond acceptors (Lipinski definition) is 2. The molecule has 0 saturated carbocycles. The molecular formula is C17H18FN3. The molecule has 2 aromatic heterocycles. The molecule has 0 saturated heterocycles. The van der Waals surface area contributed by atoms with Crippen LogP contribution in [-0.4, -0.2) is 15.9 Å². The Labute approximate surface area is 123 Å². The number of fused-ring (bicyclic) bond motifs is 1. The minimum Gasteiger partial charge on any atom is -0.308 e. The molecule has 0 spiro atoms. The molecule has 1 atom stereocenters. The van der Waals surface area contributed by atoms with E-state index in [1.54, 1.807) is 12.1 Å². The average Bonchev–Trinajstić information content (AvgIpc) is 2.91. The average molecular weight is 283 g/mol. The van der Waals surface area contributed by atoms with Gasteiger partial charge in [-0.2, -0.15) is 0 Å². The van der Waals surface area contributed by atoms with E-state index in [4.69, 9.17) is 0 Å². The molecule has 0 aliphatic heterocycles. The van der Waals surface area contributed by atoms with Gasteiger partial charge in [-0.25, -0.2) is 9.37 Å². The Bertz CT molecular complexity index is 702. The predicted octanol–water partition coefficient (Wildman–Crippen LogP) is 3.37. The summed E-state index contributed by atoms with van der Waals surface area (Å²) in [5.74, 6) is -0.180. The predicted molar refractivity (Wildman–Crippen MR) is 81.7 cm³/mol. The molecule has 1 N–H and O–H groups in total. The Hall–Kier alpha value is -2.20. The van der Waals surface area contributed by atoms with Crippen molar-refractivity contribution < 1.29 is 4.39 Å². The Morgan fingerprint density at radius 3 is 2.95 bits per heavy atom. The van der Waals surface area contributed by atoms with Crippen LogP contribution in [0.25, 0.3) is 5.65 Å². The summed E-state index contributed by atoms with van der Waals surface area (Å²) in [6.45, 7) is 2.88. The first-order chi connectivity index (χ1) is 10.2. The van der Waals surface area contributed by atoms with Gasteiger partial charge in [0.25, 0.3) is 0 Å². The van der Waals surface area contributed by atoms with E-state index in [9.17, 15) is 4.39 Å². The van der Waals surface area contributed by atoms with Crippen LogP contribution in [0.3, 0.4) is 0 Å². The number of nitrogens with zero attached hydrogens (tertiary/aromatic N) is 2. The molecule has 4 heteroatoms. The minimum absolute atomic E-state index is 0.165. The number of pyridine rings is 1. The van der Waals surface area contributed by atoms with Gasteiger partial charge in [0.2, 0.25) is 0 Å². The molecule has 2 heterocycles. The zero-order valence-corrected chi connectivity index (χ0v) is 12.0. The SMILES string of the molecule is C[C@H](NCCc1cccc(F)c1)c1cn2ccccc2n1. The Morgan fingerprint density at radius 1 is 1.24 bits per heavy atom. The van der Waals surface area contributed by atoms with Crippen LogP contribution in [0, 0.1) is 5.82 Å². The van der Waals surface area contributed by atoms with Crippen LogP contribution in [-0.2, 0) is 6.42 Å². The Balaban J connectivity index is 1.60. The minimum atomic E-state index is -0.180. The number of benzene rings is 1. The van der Waals surface area contributed by atoms with Gasteiger partial charge in [0.05, 0.1) is 5.69 Å². The first-order valence-corrected chi connectivity index (χ1v) is 7.14. The monoisotopic (exact) mass is 283 g/mol. The van der Waals surface area contributed by atoms with Gasteiger partial charge in [-0.15, -0.1) is 0 Å². The maximum atomic E-state index is 13.1. The first-order valence-electron chi connectivity index (χ1n) is 7.14. The molecule has 1 aromatic carbocycles. The third-order valence-electron chi connectivity index (χ3n) is 3.58. The van der Waals surface area contributed by atoms with Gasteiger partial charge in [0.1, 0.15) is 11.5 Å². The molecule has 0 radical (unpaired) electrons. The van der Waals surface area contributed by atoms with E-state index in [1.807, 2.05) is 41.1 Å². The summed E-state index contributed by atoms with van der Waals surface area (Å²) in [5.41, 5.74) is 2.97. The molecule has 21 heavy (non-hydrogen) atoms. The van der Waals surface area contributed by atoms with E-state index in [0.717, 1.165) is 29.9 Å². The second-order valence-corrected chi connectivity index (χ2v) is 5.19. The van der Waals surface area contributed by atoms with E-state index in [2.05, 4.69) is 17.2 Å². The normalized spacial score (nSPS) is 12.7. The molecule has 108 valence electrons. The zero-order chi connectivity index (χ0) is 14.7. The lowest BCUT2D eigenvalue weighted by Gasteiger charge is -2.11. The summed E-state index contributed by atoms with van der Waals surface area (Å²) in [6, 6.07) is 12.9. The van der Waals surface area contributed by atoms with Gasteiger partial charge in [-0.1, -0.05) is 18.2 Å². The van der Waals surface area contributed by atoms with Crippen LogP contribution in [0.2, 0.25) is 0 Å². The number of rotatable bonds is 5. The van der Waals surface area contributed by atoms with Gasteiger partial charge < -0.3 is 9.72 Å². The fourth-order valence-corrected chi connectivity index (χ4v) is 2.39. The fourth-order valence-electron chi connectivity index (χ4n) is 2.39. The number of imidazole rings is 1. The van der Waals surface area contributed by atoms with E-state index in [0.29, 0.717) is 0 Å². The first kappa shape index (κ1) is 13.8. The van der Waals surface area contributed by atoms with Crippen molar-refractivity contribution in [1.82, 2.24) is 14.7 Å². The van der Waals surface area contributed by atoms with Crippen molar-refractivity contribution in [3.05, 3.63) is 71.9 Å². The van der Waals surface area contributed by atoms with Crippen LogP contribution < -0.4 is 5.32 Å². The zero-order valence-electron chi connectivity index (χ0n) is 12.0. The summed E-state index contributed by atoms with van der Waals surface area (Å²) in [4.78, 5) is 4.59. The van der Waals surface area contributed by atoms with E-state index in [-0.39, 0.29) is 11.9 Å². The third-order valence-corrected chi connectivity index (χ3v) is 3.58. The van der Waals surface area contributed by atoms with Gasteiger partial charge in [0.15, 0.2) is 0 Å². The largest absolute Gasteiger partial charge is 0.308 e. The van der Waals surface area contributed by atoms with Crippen molar-refractivity contribution in [2.75, 3.05) is 6.54 Å². The fraction of sp³-hybridized carbons (Fsp3) is 0.235. The highest BCUT2D eigenvalue weighted by atomic mass is 19.1. The van der Waals surface area contributed by atoms with Crippen molar-refractivity contribution in [1.29, 1.82) is 0 Å². The lowest BCUT2D eigenvalue weighted by Crippen LogP contribution is -2.21. The van der Waals surface area contributed by atoms with Crippen LogP contribution in [0.1, 0.15) is 24.2 Å². The molecule has 0 bridgehead atoms. The molecule has 0 unspecified atom stereocenters. The number of nitrogens with one attached hydrogen (secondary N) is 1. The maximum absolute atomic E-state index is 13.1. The van der Waals surface area contributed by atoms with E-state index >= 15 is 0 Å². The van der Waals surface area contributed by atoms with Crippen LogP contribution in [0.4, 0.5) is 4.39 Å². The summed E-state index contributed by atoms with van der Waals surface area (Å²) in [5, 5.41) is 3.43. The topological polar surface area (TPSA) is 29.3 Å². The molecule has 3 rings (SSSR count). The van der Waals surface area contributed by atoms with Crippen molar-refractivity contribution >= 4 is 5.65 Å². The highest BCUT2D eigenvalue weighted by molar-refractivity contribution is 5.39. The molecule has 3 nitrogen and oxygen atoms in total. The number of halogens is 1. The molecular weight excluding hydrogens is 265 g/mol. The molecule has 3 aromatic rings. The van der Waals surface area contributed by atoms with Gasteiger partial charge in [-0.3, -0.25) is 0 Å². The van der Waals surface area contributed by atoms with Gasteiger partial charge >= 0.3 is 0 Å². The lowest BCUT2D eigenvalue weighted by molar-refractivity contribution is 0.565. The van der Waals surface area contributed by atoms with Crippen molar-refractivity contribution in [3.8, 4) is 0 Å². The molecule has 0 fully saturated rings. The summed E-state index contributed by atoms with van der Waals surface area (Å²) in [6.07, 6.45) is 4.83. The summed E-state index contributed by atoms with van der Waals surface area (Å²) in [7, 11) is 0. The van der Waals surface area contributed by atoms with E-state index in [1.165, 1.54) is 6.07 Å². The molecule has 0 aliphatic rings. The second-order valence-electron chi connectivity index (χ2n) is 5.19. The maximum Gasteiger partial charge on any atom is 0.137 e. The summed E-state index contributed by atoms with van der Waals surface area (Å²) >= 11 is 0. The lowest BCUT2D eigenvalue weighted by atomic mass is 10.1. The summed E-state index contributed by atoms with van der Waals surface area (Å²) < 4.78 is 15.1. The van der Waals surface area contributed by atoms with Gasteiger partial charge in [0, 0.05) is 18.4 Å². The van der Waals surface area contributed by atoms with Crippen LogP contribution in [0.5, 0.6) is 0 Å². The quantitative estimate of drug-likeness (QED) is 0.778. The van der Waals surface area contributed by atoms with Crippen molar-refractivity contribution in [2.45, 2.75) is 19.4 Å². The Kier molecular flexibility index (Phi) is 3.97. The van der Waals surface area contributed by atoms with Crippen molar-refractivity contribution in [2.24, 2.45) is 0 Å². The van der Waals surface area contributed by atoms with Crippen molar-refractivity contribution in [3.63, 3.8) is 0 Å². The Morgan fingerprint density at radius 2 is 2.14 bits per heavy atom. The van der Waals surface area contributed by atoms with Crippen LogP contribution >= 0.6 is 0 Å². The van der Waals surface area contributed by atoms with E-state index < -0.39 is 0 Å². The smallest absolute Gasteiger partial charge is 0.137 e. The highest BCUT2D eigenvalue weighted by Crippen LogP contribution is 2.13. The third kappa shape index (κ3) is 3.28. The number of aromatic nitrogens is 2. The van der Waals surface area contributed by atoms with Crippen LogP contribution in [0.15, 0.2) is 54.9 Å². The number of hydrogen-bond donors (Lipinski definition) is 1. The van der Waals surface area contributed by atoms with Gasteiger partial charge in [-0.05, 0) is 49.7 Å². The highest BCUT2D eigenvalue weighted by Gasteiger charge is 2.09. The standard InChI is InChI=1S/C17H18FN3/c1-13(16-12-21-10-3-2-7-17(21)20-16)19-9-8-14-5-4-6-15(18)11-14/h2-7,10-13,19H,8-9H2,1H3/t13-/m0/s1. The molecule has 0 amide bonds. The molecule has 0 aliphatic carbocycles.